The van der Waals surface area contributed by atoms with Crippen molar-refractivity contribution in [3.05, 3.63) is 47.0 Å². The molecule has 0 unspecified atom stereocenters. The van der Waals surface area contributed by atoms with Crippen molar-refractivity contribution in [2.45, 2.75) is 13.3 Å². The highest BCUT2D eigenvalue weighted by Crippen LogP contribution is 2.10. The van der Waals surface area contributed by atoms with Crippen LogP contribution in [0.5, 0.6) is 0 Å². The maximum atomic E-state index is 11.2. The topological polar surface area (TPSA) is 17.1 Å². The average molecular weight is 195 g/mol. The fourth-order valence-electron chi connectivity index (χ4n) is 1.05. The Hall–Kier alpha value is -1.08. The Labute approximate surface area is 83.0 Å². The number of benzene rings is 1. The average Bonchev–Trinajstić information content (AvgIpc) is 2.09. The van der Waals surface area contributed by atoms with E-state index in [4.69, 9.17) is 11.6 Å². The second-order valence-corrected chi connectivity index (χ2v) is 3.21. The normalized spacial score (nSPS) is 10.6. The van der Waals surface area contributed by atoms with E-state index >= 15 is 0 Å². The predicted molar refractivity (Wildman–Crippen MR) is 55.0 cm³/mol. The van der Waals surface area contributed by atoms with E-state index in [1.165, 1.54) is 0 Å². The molecule has 2 heteroatoms. The Morgan fingerprint density at radius 1 is 1.38 bits per heavy atom. The summed E-state index contributed by atoms with van der Waals surface area (Å²) >= 11 is 5.71. The molecule has 0 atom stereocenters. The van der Waals surface area contributed by atoms with Gasteiger partial charge in [0.15, 0.2) is 5.78 Å². The molecule has 0 bridgehead atoms. The van der Waals surface area contributed by atoms with Crippen molar-refractivity contribution in [2.75, 3.05) is 0 Å². The van der Waals surface area contributed by atoms with Gasteiger partial charge < -0.3 is 0 Å². The van der Waals surface area contributed by atoms with Crippen LogP contribution < -0.4 is 0 Å². The Balaban J connectivity index is 2.64. The zero-order chi connectivity index (χ0) is 9.68. The van der Waals surface area contributed by atoms with E-state index in [0.29, 0.717) is 11.4 Å². The highest BCUT2D eigenvalue weighted by molar-refractivity contribution is 6.30. The lowest BCUT2D eigenvalue weighted by Crippen LogP contribution is -1.97. The van der Waals surface area contributed by atoms with E-state index in [1.807, 2.05) is 19.1 Å². The van der Waals surface area contributed by atoms with E-state index in [1.54, 1.807) is 24.3 Å². The number of carbonyl (C=O) groups excluding carboxylic acids is 1. The maximum Gasteiger partial charge on any atom is 0.159 e. The molecule has 0 N–H and O–H groups in total. The number of carbonyl (C=O) groups is 1. The van der Waals surface area contributed by atoms with Gasteiger partial charge in [-0.3, -0.25) is 4.79 Å². The van der Waals surface area contributed by atoms with Gasteiger partial charge >= 0.3 is 0 Å². The van der Waals surface area contributed by atoms with Crippen LogP contribution in [0.1, 0.15) is 12.5 Å². The monoisotopic (exact) mass is 194 g/mol. The molecule has 0 spiro atoms. The number of allylic oxidation sites excluding steroid dienone is 2. The highest BCUT2D eigenvalue weighted by Gasteiger charge is 1.98. The molecule has 0 aliphatic rings. The molecule has 1 nitrogen and oxygen atoms in total. The molecule has 0 aliphatic carbocycles. The molecule has 13 heavy (non-hydrogen) atoms. The molecular weight excluding hydrogens is 184 g/mol. The Morgan fingerprint density at radius 3 is 2.54 bits per heavy atom. The standard InChI is InChI=1S/C11H11ClO/c1-2-3-11(13)8-9-4-6-10(12)7-5-9/h2-7H,8H2,1H3. The van der Waals surface area contributed by atoms with Crippen molar-refractivity contribution in [1.29, 1.82) is 0 Å². The molecule has 0 fully saturated rings. The lowest BCUT2D eigenvalue weighted by molar-refractivity contribution is -0.114. The third kappa shape index (κ3) is 3.43. The van der Waals surface area contributed by atoms with Gasteiger partial charge in [-0.2, -0.15) is 0 Å². The molecule has 1 rings (SSSR count). The van der Waals surface area contributed by atoms with Gasteiger partial charge in [0.2, 0.25) is 0 Å². The van der Waals surface area contributed by atoms with Crippen molar-refractivity contribution in [3.63, 3.8) is 0 Å². The van der Waals surface area contributed by atoms with Gasteiger partial charge in [0.1, 0.15) is 0 Å². The van der Waals surface area contributed by atoms with Crippen LogP contribution in [-0.2, 0) is 11.2 Å². The molecule has 1 aromatic rings. The number of halogens is 1. The van der Waals surface area contributed by atoms with Crippen LogP contribution in [-0.4, -0.2) is 5.78 Å². The molecule has 0 aliphatic heterocycles. The molecule has 0 saturated carbocycles. The Kier molecular flexibility index (Phi) is 3.71. The fourth-order valence-corrected chi connectivity index (χ4v) is 1.17. The summed E-state index contributed by atoms with van der Waals surface area (Å²) in [5.41, 5.74) is 0.993. The first-order valence-electron chi connectivity index (χ1n) is 4.12. The SMILES string of the molecule is CC=CC(=O)Cc1ccc(Cl)cc1. The summed E-state index contributed by atoms with van der Waals surface area (Å²) in [6.07, 6.45) is 3.77. The molecule has 1 aromatic carbocycles. The molecular formula is C11H11ClO. The van der Waals surface area contributed by atoms with Crippen LogP contribution in [0.15, 0.2) is 36.4 Å². The van der Waals surface area contributed by atoms with Crippen LogP contribution >= 0.6 is 11.6 Å². The summed E-state index contributed by atoms with van der Waals surface area (Å²) in [6.45, 7) is 1.83. The molecule has 0 radical (unpaired) electrons. The first kappa shape index (κ1) is 10.0. The highest BCUT2D eigenvalue weighted by atomic mass is 35.5. The number of rotatable bonds is 3. The minimum absolute atomic E-state index is 0.116. The van der Waals surface area contributed by atoms with E-state index < -0.39 is 0 Å². The minimum atomic E-state index is 0.116. The Morgan fingerprint density at radius 2 is 2.00 bits per heavy atom. The van der Waals surface area contributed by atoms with Gasteiger partial charge in [0, 0.05) is 11.4 Å². The molecule has 0 aromatic heterocycles. The van der Waals surface area contributed by atoms with Crippen LogP contribution in [0, 0.1) is 0 Å². The van der Waals surface area contributed by atoms with Gasteiger partial charge in [0.05, 0.1) is 0 Å². The minimum Gasteiger partial charge on any atom is -0.294 e. The first-order chi connectivity index (χ1) is 6.22. The van der Waals surface area contributed by atoms with Gasteiger partial charge in [0.25, 0.3) is 0 Å². The van der Waals surface area contributed by atoms with Gasteiger partial charge in [-0.25, -0.2) is 0 Å². The van der Waals surface area contributed by atoms with E-state index in [9.17, 15) is 4.79 Å². The van der Waals surface area contributed by atoms with E-state index in [2.05, 4.69) is 0 Å². The fraction of sp³-hybridized carbons (Fsp3) is 0.182. The lowest BCUT2D eigenvalue weighted by Gasteiger charge is -1.96. The summed E-state index contributed by atoms with van der Waals surface area (Å²) in [7, 11) is 0. The van der Waals surface area contributed by atoms with Gasteiger partial charge in [-0.05, 0) is 30.7 Å². The third-order valence-electron chi connectivity index (χ3n) is 1.64. The summed E-state index contributed by atoms with van der Waals surface area (Å²) in [4.78, 5) is 11.2. The first-order valence-corrected chi connectivity index (χ1v) is 4.50. The Bertz CT molecular complexity index is 311. The van der Waals surface area contributed by atoms with Crippen LogP contribution in [0.3, 0.4) is 0 Å². The molecule has 0 amide bonds. The van der Waals surface area contributed by atoms with Crippen molar-refractivity contribution >= 4 is 17.4 Å². The van der Waals surface area contributed by atoms with Crippen molar-refractivity contribution in [3.8, 4) is 0 Å². The number of hydrogen-bond acceptors (Lipinski definition) is 1. The quantitative estimate of drug-likeness (QED) is 0.676. The summed E-state index contributed by atoms with van der Waals surface area (Å²) in [6, 6.07) is 7.31. The van der Waals surface area contributed by atoms with E-state index in [0.717, 1.165) is 5.56 Å². The van der Waals surface area contributed by atoms with Crippen molar-refractivity contribution in [2.24, 2.45) is 0 Å². The predicted octanol–water partition coefficient (Wildman–Crippen LogP) is 3.03. The second-order valence-electron chi connectivity index (χ2n) is 2.77. The zero-order valence-electron chi connectivity index (χ0n) is 7.46. The van der Waals surface area contributed by atoms with Crippen LogP contribution in [0.25, 0.3) is 0 Å². The molecule has 0 heterocycles. The van der Waals surface area contributed by atoms with E-state index in [-0.39, 0.29) is 5.78 Å². The van der Waals surface area contributed by atoms with Crippen molar-refractivity contribution in [1.82, 2.24) is 0 Å². The largest absolute Gasteiger partial charge is 0.294 e. The second kappa shape index (κ2) is 4.83. The van der Waals surface area contributed by atoms with Crippen LogP contribution in [0.2, 0.25) is 5.02 Å². The maximum absolute atomic E-state index is 11.2. The number of hydrogen-bond donors (Lipinski definition) is 0. The summed E-state index contributed by atoms with van der Waals surface area (Å²) in [5.74, 6) is 0.116. The lowest BCUT2D eigenvalue weighted by atomic mass is 10.1. The van der Waals surface area contributed by atoms with Gasteiger partial charge in [-0.15, -0.1) is 0 Å². The summed E-state index contributed by atoms with van der Waals surface area (Å²) in [5, 5.41) is 0.697. The number of ketones is 1. The molecule has 0 saturated heterocycles. The van der Waals surface area contributed by atoms with Crippen LogP contribution in [0.4, 0.5) is 0 Å². The molecule has 68 valence electrons. The van der Waals surface area contributed by atoms with Crippen molar-refractivity contribution < 1.29 is 4.79 Å². The smallest absolute Gasteiger partial charge is 0.159 e. The third-order valence-corrected chi connectivity index (χ3v) is 1.90. The zero-order valence-corrected chi connectivity index (χ0v) is 8.21. The van der Waals surface area contributed by atoms with Gasteiger partial charge in [-0.1, -0.05) is 29.8 Å². The summed E-state index contributed by atoms with van der Waals surface area (Å²) < 4.78 is 0.